The van der Waals surface area contributed by atoms with Crippen LogP contribution in [-0.2, 0) is 34.9 Å². The summed E-state index contributed by atoms with van der Waals surface area (Å²) in [6, 6.07) is 44.0. The molecular formula is C46H50N6O5S. The number of ether oxygens (including phenoxy) is 1. The van der Waals surface area contributed by atoms with Gasteiger partial charge in [-0.25, -0.2) is 4.98 Å². The van der Waals surface area contributed by atoms with E-state index in [-0.39, 0.29) is 35.5 Å². The molecule has 0 aliphatic carbocycles. The predicted octanol–water partition coefficient (Wildman–Crippen LogP) is 7.77. The van der Waals surface area contributed by atoms with Crippen molar-refractivity contribution < 1.29 is 22.7 Å². The number of hydrogen-bond donors (Lipinski definition) is 2. The summed E-state index contributed by atoms with van der Waals surface area (Å²) in [4.78, 5) is 31.6. The highest BCUT2D eigenvalue weighted by atomic mass is 32.2. The number of hydrogen-bond acceptors (Lipinski definition) is 7. The Balaban J connectivity index is 0.000000196. The third kappa shape index (κ3) is 10.8. The topological polar surface area (TPSA) is 126 Å². The molecule has 1 aliphatic rings. The van der Waals surface area contributed by atoms with Crippen molar-refractivity contribution in [2.75, 3.05) is 29.3 Å². The van der Waals surface area contributed by atoms with Crippen LogP contribution in [0.25, 0.3) is 0 Å². The van der Waals surface area contributed by atoms with Crippen LogP contribution in [0.1, 0.15) is 63.2 Å². The minimum atomic E-state index is -3.95. The number of aromatic nitrogens is 2. The fourth-order valence-corrected chi connectivity index (χ4v) is 7.90. The Hall–Kier alpha value is -6.24. The Morgan fingerprint density at radius 3 is 2.12 bits per heavy atom. The number of rotatable bonds is 12. The van der Waals surface area contributed by atoms with Crippen molar-refractivity contribution >= 4 is 33.2 Å². The number of nitrogens with one attached hydrogen (secondary N) is 2. The lowest BCUT2D eigenvalue weighted by Gasteiger charge is -2.33. The van der Waals surface area contributed by atoms with E-state index in [2.05, 4.69) is 27.8 Å². The van der Waals surface area contributed by atoms with Gasteiger partial charge in [-0.1, -0.05) is 103 Å². The first-order valence-corrected chi connectivity index (χ1v) is 20.7. The molecule has 0 spiro atoms. The van der Waals surface area contributed by atoms with Gasteiger partial charge >= 0.3 is 0 Å². The van der Waals surface area contributed by atoms with Gasteiger partial charge in [0.05, 0.1) is 25.4 Å². The fourth-order valence-electron chi connectivity index (χ4n) is 6.42. The smallest absolute Gasteiger partial charge is 0.283 e. The van der Waals surface area contributed by atoms with E-state index in [0.29, 0.717) is 42.3 Å². The van der Waals surface area contributed by atoms with Gasteiger partial charge in [-0.2, -0.15) is 8.42 Å². The molecule has 1 unspecified atom stereocenters. The highest BCUT2D eigenvalue weighted by molar-refractivity contribution is 7.92. The normalized spacial score (nSPS) is 13.9. The van der Waals surface area contributed by atoms with Crippen LogP contribution >= 0.6 is 0 Å². The van der Waals surface area contributed by atoms with Crippen molar-refractivity contribution in [3.8, 4) is 0 Å². The molecule has 300 valence electrons. The van der Waals surface area contributed by atoms with Crippen LogP contribution in [0.3, 0.4) is 0 Å². The zero-order valence-corrected chi connectivity index (χ0v) is 34.1. The third-order valence-electron chi connectivity index (χ3n) is 9.60. The lowest BCUT2D eigenvalue weighted by molar-refractivity contribution is -0.0228. The van der Waals surface area contributed by atoms with E-state index in [1.807, 2.05) is 122 Å². The Morgan fingerprint density at radius 1 is 0.828 bits per heavy atom. The third-order valence-corrected chi connectivity index (χ3v) is 11.2. The highest BCUT2D eigenvalue weighted by Crippen LogP contribution is 2.27. The van der Waals surface area contributed by atoms with Crippen LogP contribution in [0, 0.1) is 6.92 Å². The van der Waals surface area contributed by atoms with Crippen molar-refractivity contribution in [2.45, 2.75) is 51.0 Å². The number of imidazole rings is 1. The predicted molar refractivity (Wildman–Crippen MR) is 228 cm³/mol. The maximum Gasteiger partial charge on any atom is 0.283 e. The second-order valence-corrected chi connectivity index (χ2v) is 16.2. The van der Waals surface area contributed by atoms with Gasteiger partial charge in [0.15, 0.2) is 5.03 Å². The summed E-state index contributed by atoms with van der Waals surface area (Å²) in [5, 5.41) is 6.20. The first-order chi connectivity index (χ1) is 28.0. The molecule has 58 heavy (non-hydrogen) atoms. The zero-order chi connectivity index (χ0) is 41.1. The Bertz CT molecular complexity index is 2370. The van der Waals surface area contributed by atoms with E-state index in [1.165, 1.54) is 16.1 Å². The molecule has 11 nitrogen and oxygen atoms in total. The molecule has 1 aliphatic heterocycles. The van der Waals surface area contributed by atoms with E-state index >= 15 is 0 Å². The number of morpholine rings is 1. The second kappa shape index (κ2) is 19.3. The Kier molecular flexibility index (Phi) is 13.8. The van der Waals surface area contributed by atoms with Gasteiger partial charge in [-0.05, 0) is 73.9 Å². The molecule has 1 aromatic heterocycles. The van der Waals surface area contributed by atoms with E-state index in [1.54, 1.807) is 42.8 Å². The molecule has 2 heterocycles. The first-order valence-electron chi connectivity index (χ1n) is 19.3. The van der Waals surface area contributed by atoms with Gasteiger partial charge in [-0.3, -0.25) is 13.9 Å². The summed E-state index contributed by atoms with van der Waals surface area (Å²) in [6.07, 6.45) is 1.43. The molecule has 2 N–H and O–H groups in total. The minimum Gasteiger partial charge on any atom is -0.381 e. The lowest BCUT2D eigenvalue weighted by Crippen LogP contribution is -2.42. The first kappa shape index (κ1) is 41.4. The fraction of sp³-hybridized carbons (Fsp3) is 0.239. The Labute approximate surface area is 341 Å². The molecule has 1 fully saturated rings. The molecule has 2 amide bonds. The van der Waals surface area contributed by atoms with Crippen LogP contribution in [0.5, 0.6) is 0 Å². The van der Waals surface area contributed by atoms with Crippen LogP contribution in [0.2, 0.25) is 0 Å². The number of sulfonamides is 1. The maximum atomic E-state index is 13.5. The van der Waals surface area contributed by atoms with Crippen molar-refractivity contribution in [3.63, 3.8) is 0 Å². The molecular weight excluding hydrogens is 749 g/mol. The summed E-state index contributed by atoms with van der Waals surface area (Å²) in [5.41, 5.74) is 5.58. The zero-order valence-electron chi connectivity index (χ0n) is 33.3. The number of benzene rings is 5. The van der Waals surface area contributed by atoms with Gasteiger partial charge in [-0.15, -0.1) is 0 Å². The standard InChI is InChI=1S/C24H24N2O2.C22H26N4O3S/c27-24(26-14-15-28-23(18-26)20-10-5-2-6-11-20)21-12-7-13-22(16-21)25-17-19-8-3-1-4-9-19;1-16(2)23-22(27)19-11-8-12-20(13-19)26(14-18-9-6-5-7-10-18)30(28,29)21-15-25(4)17(3)24-21/h1-13,16,23,25H,14-15,17-18H2;5-13,15-16H,14H2,1-4H3,(H,23,27). The molecule has 5 aromatic carbocycles. The van der Waals surface area contributed by atoms with Gasteiger partial charge in [0.1, 0.15) is 11.9 Å². The average molecular weight is 799 g/mol. The van der Waals surface area contributed by atoms with Gasteiger partial charge < -0.3 is 24.8 Å². The summed E-state index contributed by atoms with van der Waals surface area (Å²) < 4.78 is 35.9. The van der Waals surface area contributed by atoms with E-state index in [9.17, 15) is 18.0 Å². The molecule has 1 atom stereocenters. The van der Waals surface area contributed by atoms with E-state index < -0.39 is 10.0 Å². The minimum absolute atomic E-state index is 0.0261. The molecule has 6 aromatic rings. The number of carbonyl (C=O) groups is 2. The molecule has 12 heteroatoms. The highest BCUT2D eigenvalue weighted by Gasteiger charge is 2.29. The van der Waals surface area contributed by atoms with E-state index in [0.717, 1.165) is 23.4 Å². The largest absolute Gasteiger partial charge is 0.381 e. The van der Waals surface area contributed by atoms with Crippen LogP contribution in [0.15, 0.2) is 151 Å². The molecule has 7 rings (SSSR count). The molecule has 0 bridgehead atoms. The van der Waals surface area contributed by atoms with Crippen molar-refractivity contribution in [3.05, 3.63) is 179 Å². The lowest BCUT2D eigenvalue weighted by atomic mass is 10.1. The Morgan fingerprint density at radius 2 is 1.47 bits per heavy atom. The van der Waals surface area contributed by atoms with Crippen molar-refractivity contribution in [1.82, 2.24) is 19.8 Å². The number of nitrogens with zero attached hydrogens (tertiary/aromatic N) is 4. The van der Waals surface area contributed by atoms with E-state index in [4.69, 9.17) is 4.74 Å². The van der Waals surface area contributed by atoms with Crippen LogP contribution < -0.4 is 14.9 Å². The van der Waals surface area contributed by atoms with Crippen molar-refractivity contribution in [2.24, 2.45) is 7.05 Å². The second-order valence-electron chi connectivity index (χ2n) is 14.4. The summed E-state index contributed by atoms with van der Waals surface area (Å²) in [6.45, 7) is 8.08. The number of anilines is 2. The molecule has 1 saturated heterocycles. The van der Waals surface area contributed by atoms with Gasteiger partial charge in [0.25, 0.3) is 21.8 Å². The SMILES string of the molecule is Cc1nc(S(=O)(=O)N(Cc2ccccc2)c2cccc(C(=O)NC(C)C)c2)cn1C.O=C(c1cccc(NCc2ccccc2)c1)N1CCOC(c2ccccc2)C1. The van der Waals surface area contributed by atoms with Gasteiger partial charge in [0.2, 0.25) is 0 Å². The molecule has 0 saturated carbocycles. The maximum absolute atomic E-state index is 13.5. The summed E-state index contributed by atoms with van der Waals surface area (Å²) >= 11 is 0. The number of carbonyl (C=O) groups excluding carboxylic acids is 2. The number of amides is 2. The van der Waals surface area contributed by atoms with Crippen molar-refractivity contribution in [1.29, 1.82) is 0 Å². The number of aryl methyl sites for hydroxylation is 2. The monoisotopic (exact) mass is 798 g/mol. The average Bonchev–Trinajstić information content (AvgIpc) is 3.61. The van der Waals surface area contributed by atoms with Crippen LogP contribution in [-0.4, -0.2) is 60.4 Å². The quantitative estimate of drug-likeness (QED) is 0.130. The van der Waals surface area contributed by atoms with Gasteiger partial charge in [0, 0.05) is 49.2 Å². The molecule has 0 radical (unpaired) electrons. The van der Waals surface area contributed by atoms with Crippen LogP contribution in [0.4, 0.5) is 11.4 Å². The summed E-state index contributed by atoms with van der Waals surface area (Å²) in [7, 11) is -2.20. The summed E-state index contributed by atoms with van der Waals surface area (Å²) in [5.74, 6) is 0.392.